The molecule has 0 atom stereocenters. The van der Waals surface area contributed by atoms with Gasteiger partial charge in [0.1, 0.15) is 0 Å². The highest BCUT2D eigenvalue weighted by molar-refractivity contribution is 7.92. The van der Waals surface area contributed by atoms with E-state index in [0.717, 1.165) is 4.31 Å². The monoisotopic (exact) mass is 302 g/mol. The Morgan fingerprint density at radius 1 is 1.45 bits per heavy atom. The predicted molar refractivity (Wildman–Crippen MR) is 76.5 cm³/mol. The summed E-state index contributed by atoms with van der Waals surface area (Å²) in [5.74, 6) is -1.19. The Morgan fingerprint density at radius 2 is 2.10 bits per heavy atom. The Hall–Kier alpha value is -1.80. The van der Waals surface area contributed by atoms with Crippen LogP contribution in [0.15, 0.2) is 18.2 Å². The van der Waals surface area contributed by atoms with E-state index >= 15 is 0 Å². The summed E-state index contributed by atoms with van der Waals surface area (Å²) in [5.41, 5.74) is 6.08. The number of hydrogen-bond acceptors (Lipinski definition) is 5. The molecule has 0 aromatic heterocycles. The first-order valence-corrected chi connectivity index (χ1v) is 7.49. The molecule has 0 saturated carbocycles. The summed E-state index contributed by atoms with van der Waals surface area (Å²) in [7, 11) is -0.633. The Kier molecular flexibility index (Phi) is 5.34. The molecule has 7 nitrogen and oxygen atoms in total. The van der Waals surface area contributed by atoms with Gasteiger partial charge in [-0.25, -0.2) is 13.2 Å². The second-order valence-corrected chi connectivity index (χ2v) is 6.33. The van der Waals surface area contributed by atoms with Crippen molar-refractivity contribution in [3.05, 3.63) is 23.8 Å². The summed E-state index contributed by atoms with van der Waals surface area (Å²) in [5, 5.41) is 8.84. The molecule has 0 fully saturated rings. The minimum atomic E-state index is -3.52. The highest BCUT2D eigenvalue weighted by Gasteiger charge is 2.20. The Morgan fingerprint density at radius 3 is 2.60 bits per heavy atom. The number of rotatable bonds is 7. The fourth-order valence-corrected chi connectivity index (χ4v) is 2.87. The van der Waals surface area contributed by atoms with Gasteiger partial charge in [-0.05, 0) is 24.6 Å². The zero-order valence-electron chi connectivity index (χ0n) is 11.4. The number of aromatic carboxylic acids is 1. The first-order valence-electron chi connectivity index (χ1n) is 5.88. The van der Waals surface area contributed by atoms with Gasteiger partial charge in [0.15, 0.2) is 0 Å². The van der Waals surface area contributed by atoms with E-state index in [0.29, 0.717) is 13.0 Å². The molecular formula is C12H18N2O5S. The zero-order chi connectivity index (χ0) is 15.3. The van der Waals surface area contributed by atoms with Gasteiger partial charge in [-0.1, -0.05) is 0 Å². The zero-order valence-corrected chi connectivity index (χ0v) is 12.2. The first-order chi connectivity index (χ1) is 9.29. The van der Waals surface area contributed by atoms with Crippen molar-refractivity contribution in [1.82, 2.24) is 0 Å². The fourth-order valence-electron chi connectivity index (χ4n) is 1.65. The lowest BCUT2D eigenvalue weighted by atomic mass is 10.2. The van der Waals surface area contributed by atoms with E-state index in [9.17, 15) is 13.2 Å². The first kappa shape index (κ1) is 16.3. The van der Waals surface area contributed by atoms with Crippen LogP contribution >= 0.6 is 0 Å². The summed E-state index contributed by atoms with van der Waals surface area (Å²) in [6.07, 6.45) is 0.371. The molecule has 0 radical (unpaired) electrons. The number of ether oxygens (including phenoxy) is 1. The normalized spacial score (nSPS) is 11.3. The van der Waals surface area contributed by atoms with Crippen LogP contribution in [0.3, 0.4) is 0 Å². The molecule has 1 aromatic rings. The van der Waals surface area contributed by atoms with Crippen LogP contribution in [0.1, 0.15) is 16.8 Å². The van der Waals surface area contributed by atoms with Crippen molar-refractivity contribution in [3.63, 3.8) is 0 Å². The lowest BCUT2D eigenvalue weighted by Crippen LogP contribution is -2.30. The van der Waals surface area contributed by atoms with E-state index < -0.39 is 16.0 Å². The average molecular weight is 302 g/mol. The number of nitrogens with two attached hydrogens (primary N) is 1. The second-order valence-electron chi connectivity index (χ2n) is 4.21. The van der Waals surface area contributed by atoms with E-state index in [2.05, 4.69) is 0 Å². The molecule has 0 saturated heterocycles. The summed E-state index contributed by atoms with van der Waals surface area (Å²) in [6, 6.07) is 3.93. The number of anilines is 2. The van der Waals surface area contributed by atoms with Gasteiger partial charge in [0.2, 0.25) is 10.0 Å². The van der Waals surface area contributed by atoms with Crippen molar-refractivity contribution in [1.29, 1.82) is 0 Å². The third-order valence-corrected chi connectivity index (χ3v) is 4.62. The smallest absolute Gasteiger partial charge is 0.335 e. The van der Waals surface area contributed by atoms with Crippen LogP contribution in [0, 0.1) is 0 Å². The number of methoxy groups -OCH3 is 1. The van der Waals surface area contributed by atoms with E-state index in [1.54, 1.807) is 0 Å². The fraction of sp³-hybridized carbons (Fsp3) is 0.417. The summed E-state index contributed by atoms with van der Waals surface area (Å²) < 4.78 is 30.0. The number of nitrogens with zero attached hydrogens (tertiary/aromatic N) is 1. The van der Waals surface area contributed by atoms with Gasteiger partial charge in [-0.15, -0.1) is 0 Å². The number of nitrogen functional groups attached to an aromatic ring is 1. The highest BCUT2D eigenvalue weighted by Crippen LogP contribution is 2.25. The molecule has 0 amide bonds. The Labute approximate surface area is 118 Å². The Balaban J connectivity index is 2.97. The third-order valence-electron chi connectivity index (χ3n) is 2.78. The van der Waals surface area contributed by atoms with Crippen molar-refractivity contribution < 1.29 is 23.1 Å². The third kappa shape index (κ3) is 3.84. The van der Waals surface area contributed by atoms with Gasteiger partial charge in [-0.2, -0.15) is 0 Å². The number of sulfonamides is 1. The van der Waals surface area contributed by atoms with Crippen LogP contribution in [0.2, 0.25) is 0 Å². The van der Waals surface area contributed by atoms with Crippen LogP contribution in [0.25, 0.3) is 0 Å². The maximum absolute atomic E-state index is 12.1. The van der Waals surface area contributed by atoms with Gasteiger partial charge in [0.25, 0.3) is 0 Å². The van der Waals surface area contributed by atoms with Crippen molar-refractivity contribution >= 4 is 27.4 Å². The maximum Gasteiger partial charge on any atom is 0.335 e. The van der Waals surface area contributed by atoms with E-state index in [1.807, 2.05) is 0 Å². The molecule has 0 spiro atoms. The predicted octanol–water partition coefficient (Wildman–Crippen LogP) is 0.769. The molecule has 0 aliphatic carbocycles. The van der Waals surface area contributed by atoms with Crippen molar-refractivity contribution in [3.8, 4) is 0 Å². The molecule has 0 unspecified atom stereocenters. The van der Waals surface area contributed by atoms with Crippen LogP contribution in [-0.4, -0.2) is 46.0 Å². The van der Waals surface area contributed by atoms with Crippen LogP contribution in [0.4, 0.5) is 11.4 Å². The molecular weight excluding hydrogens is 284 g/mol. The van der Waals surface area contributed by atoms with Gasteiger partial charge in [-0.3, -0.25) is 4.31 Å². The quantitative estimate of drug-likeness (QED) is 0.568. The lowest BCUT2D eigenvalue weighted by Gasteiger charge is -2.21. The van der Waals surface area contributed by atoms with E-state index in [1.165, 1.54) is 32.4 Å². The summed E-state index contributed by atoms with van der Waals surface area (Å²) >= 11 is 0. The van der Waals surface area contributed by atoms with Crippen LogP contribution < -0.4 is 10.0 Å². The molecule has 1 aromatic carbocycles. The lowest BCUT2D eigenvalue weighted by molar-refractivity contribution is 0.0697. The number of hydrogen-bond donors (Lipinski definition) is 2. The minimum Gasteiger partial charge on any atom is -0.478 e. The molecule has 1 rings (SSSR count). The molecule has 112 valence electrons. The molecule has 3 N–H and O–H groups in total. The summed E-state index contributed by atoms with van der Waals surface area (Å²) in [4.78, 5) is 10.8. The largest absolute Gasteiger partial charge is 0.478 e. The van der Waals surface area contributed by atoms with Gasteiger partial charge < -0.3 is 15.6 Å². The van der Waals surface area contributed by atoms with Gasteiger partial charge >= 0.3 is 5.97 Å². The van der Waals surface area contributed by atoms with Crippen LogP contribution in [0.5, 0.6) is 0 Å². The standard InChI is InChI=1S/C12H18N2O5S/c1-14(20(17,18)7-3-6-19-2)11-5-4-9(12(15)16)8-10(11)13/h4-5,8H,3,6-7,13H2,1-2H3,(H,15,16). The molecule has 0 heterocycles. The topological polar surface area (TPSA) is 110 Å². The number of carbonyl (C=O) groups is 1. The van der Waals surface area contributed by atoms with Crippen molar-refractivity contribution in [2.24, 2.45) is 0 Å². The van der Waals surface area contributed by atoms with E-state index in [-0.39, 0.29) is 22.7 Å². The van der Waals surface area contributed by atoms with E-state index in [4.69, 9.17) is 15.6 Å². The maximum atomic E-state index is 12.1. The Bertz CT molecular complexity index is 586. The number of carboxylic acid groups (broad SMARTS) is 1. The summed E-state index contributed by atoms with van der Waals surface area (Å²) in [6.45, 7) is 0.348. The molecule has 0 bridgehead atoms. The van der Waals surface area contributed by atoms with Crippen molar-refractivity contribution in [2.45, 2.75) is 6.42 Å². The molecule has 0 aliphatic heterocycles. The SMILES string of the molecule is COCCCS(=O)(=O)N(C)c1ccc(C(=O)O)cc1N. The second kappa shape index (κ2) is 6.58. The van der Waals surface area contributed by atoms with Crippen LogP contribution in [-0.2, 0) is 14.8 Å². The average Bonchev–Trinajstić information content (AvgIpc) is 2.37. The number of benzene rings is 1. The minimum absolute atomic E-state index is 0.0106. The molecule has 20 heavy (non-hydrogen) atoms. The highest BCUT2D eigenvalue weighted by atomic mass is 32.2. The van der Waals surface area contributed by atoms with Crippen molar-refractivity contribution in [2.75, 3.05) is 36.6 Å². The number of carboxylic acids is 1. The molecule has 0 aliphatic rings. The van der Waals surface area contributed by atoms with Gasteiger partial charge in [0, 0.05) is 20.8 Å². The molecule has 8 heteroatoms. The van der Waals surface area contributed by atoms with Gasteiger partial charge in [0.05, 0.1) is 22.7 Å².